The Balaban J connectivity index is 1.73. The Hall–Kier alpha value is -2.58. The third-order valence-corrected chi connectivity index (χ3v) is 5.45. The maximum absolute atomic E-state index is 15.2. The molecule has 0 bridgehead atoms. The van der Waals surface area contributed by atoms with Crippen molar-refractivity contribution in [3.05, 3.63) is 58.4 Å². The van der Waals surface area contributed by atoms with E-state index in [1.165, 1.54) is 12.3 Å². The zero-order valence-corrected chi connectivity index (χ0v) is 16.2. The van der Waals surface area contributed by atoms with Crippen molar-refractivity contribution in [1.29, 1.82) is 0 Å². The number of halogens is 3. The van der Waals surface area contributed by atoms with Gasteiger partial charge in [-0.1, -0.05) is 17.7 Å². The Morgan fingerprint density at radius 3 is 2.86 bits per heavy atom. The van der Waals surface area contributed by atoms with Gasteiger partial charge in [0, 0.05) is 11.9 Å². The van der Waals surface area contributed by atoms with E-state index in [2.05, 4.69) is 15.3 Å². The van der Waals surface area contributed by atoms with E-state index in [0.29, 0.717) is 29.1 Å². The normalized spacial score (nSPS) is 23.1. The quantitative estimate of drug-likeness (QED) is 0.777. The van der Waals surface area contributed by atoms with Gasteiger partial charge in [-0.05, 0) is 54.7 Å². The van der Waals surface area contributed by atoms with Crippen molar-refractivity contribution in [3.63, 3.8) is 0 Å². The van der Waals surface area contributed by atoms with Gasteiger partial charge in [-0.2, -0.15) is 0 Å². The molecule has 2 aliphatic rings. The number of carbonyl (C=O) groups excluding carboxylic acids is 1. The Labute approximate surface area is 171 Å². The number of pyridine rings is 1. The monoisotopic (exact) mass is 420 g/mol. The fourth-order valence-corrected chi connectivity index (χ4v) is 4.00. The van der Waals surface area contributed by atoms with Crippen molar-refractivity contribution >= 4 is 29.0 Å². The van der Waals surface area contributed by atoms with Crippen molar-refractivity contribution in [2.45, 2.75) is 30.7 Å². The van der Waals surface area contributed by atoms with Gasteiger partial charge in [0.2, 0.25) is 0 Å². The van der Waals surface area contributed by atoms with Crippen molar-refractivity contribution in [1.82, 2.24) is 4.98 Å². The molecule has 1 aromatic carbocycles. The molecule has 1 atom stereocenters. The van der Waals surface area contributed by atoms with Crippen LogP contribution in [0, 0.1) is 0 Å². The van der Waals surface area contributed by atoms with E-state index in [1.807, 2.05) is 0 Å². The number of hydrogen-bond acceptors (Lipinski definition) is 5. The molecule has 1 aliphatic carbocycles. The lowest BCUT2D eigenvalue weighted by Gasteiger charge is -2.40. The van der Waals surface area contributed by atoms with Crippen LogP contribution in [0.1, 0.15) is 34.5 Å². The highest BCUT2D eigenvalue weighted by Gasteiger charge is 2.57. The molecule has 1 aromatic heterocycles. The van der Waals surface area contributed by atoms with Crippen LogP contribution >= 0.6 is 11.6 Å². The van der Waals surface area contributed by atoms with E-state index >= 15 is 8.78 Å². The molecule has 1 spiro atoms. The van der Waals surface area contributed by atoms with Crippen molar-refractivity contribution < 1.29 is 18.3 Å². The van der Waals surface area contributed by atoms with Crippen LogP contribution in [-0.4, -0.2) is 35.9 Å². The number of benzene rings is 1. The second-order valence-corrected chi connectivity index (χ2v) is 7.64. The summed E-state index contributed by atoms with van der Waals surface area (Å²) < 4.78 is 35.3. The van der Waals surface area contributed by atoms with Gasteiger partial charge in [0.15, 0.2) is 5.54 Å². The van der Waals surface area contributed by atoms with Gasteiger partial charge in [-0.15, -0.1) is 0 Å². The second-order valence-electron chi connectivity index (χ2n) is 7.20. The standard InChI is InChI=1S/C20H19ClF2N4O2/c21-13-4-6-16(25-9-13)18(28)26-14-5-3-12-2-1-7-19(15(12)8-14)20(22,23)11-29-10-17(24)27-19/h3-6,8-9H,1-2,7,10-11H2,(H2,24,27)(H,26,28)/t19-/m1/s1. The van der Waals surface area contributed by atoms with E-state index in [1.54, 1.807) is 24.3 Å². The molecule has 0 fully saturated rings. The van der Waals surface area contributed by atoms with Crippen molar-refractivity contribution in [2.24, 2.45) is 10.7 Å². The largest absolute Gasteiger partial charge is 0.385 e. The number of aliphatic imine (C=N–C) groups is 1. The van der Waals surface area contributed by atoms with Crippen LogP contribution in [0.2, 0.25) is 5.02 Å². The lowest BCUT2D eigenvalue weighted by molar-refractivity contribution is -0.125. The summed E-state index contributed by atoms with van der Waals surface area (Å²) in [5.74, 6) is -3.66. The number of aromatic nitrogens is 1. The van der Waals surface area contributed by atoms with E-state index in [4.69, 9.17) is 22.1 Å². The second kappa shape index (κ2) is 7.35. The molecule has 0 saturated carbocycles. The smallest absolute Gasteiger partial charge is 0.299 e. The Morgan fingerprint density at radius 2 is 2.10 bits per heavy atom. The summed E-state index contributed by atoms with van der Waals surface area (Å²) in [6.07, 6.45) is 2.71. The number of rotatable bonds is 2. The number of alkyl halides is 2. The molecule has 3 N–H and O–H groups in total. The number of fused-ring (bicyclic) bond motifs is 2. The zero-order chi connectivity index (χ0) is 20.6. The van der Waals surface area contributed by atoms with E-state index in [9.17, 15) is 4.79 Å². The number of aryl methyl sites for hydroxylation is 1. The van der Waals surface area contributed by atoms with Gasteiger partial charge in [-0.3, -0.25) is 9.79 Å². The molecule has 0 unspecified atom stereocenters. The Kier molecular flexibility index (Phi) is 5.00. The molecule has 6 nitrogen and oxygen atoms in total. The molecule has 4 rings (SSSR count). The number of anilines is 1. The Morgan fingerprint density at radius 1 is 1.28 bits per heavy atom. The number of amidine groups is 1. The summed E-state index contributed by atoms with van der Waals surface area (Å²) in [5.41, 5.74) is 5.69. The van der Waals surface area contributed by atoms with Gasteiger partial charge in [0.1, 0.15) is 24.7 Å². The summed E-state index contributed by atoms with van der Waals surface area (Å²) in [5, 5.41) is 3.11. The molecule has 9 heteroatoms. The highest BCUT2D eigenvalue weighted by molar-refractivity contribution is 6.30. The van der Waals surface area contributed by atoms with Crippen molar-refractivity contribution in [2.75, 3.05) is 18.5 Å². The lowest BCUT2D eigenvalue weighted by Crippen LogP contribution is -2.48. The molecule has 29 heavy (non-hydrogen) atoms. The molecule has 152 valence electrons. The fourth-order valence-electron chi connectivity index (χ4n) is 3.89. The van der Waals surface area contributed by atoms with Crippen LogP contribution in [0.15, 0.2) is 41.5 Å². The molecule has 1 aliphatic heterocycles. The molecule has 2 aromatic rings. The number of nitrogens with two attached hydrogens (primary N) is 1. The van der Waals surface area contributed by atoms with Crippen LogP contribution in [0.4, 0.5) is 14.5 Å². The molecule has 0 saturated heterocycles. The third kappa shape index (κ3) is 3.58. The molecule has 1 amide bonds. The summed E-state index contributed by atoms with van der Waals surface area (Å²) in [7, 11) is 0. The van der Waals surface area contributed by atoms with E-state index in [0.717, 1.165) is 5.56 Å². The van der Waals surface area contributed by atoms with Gasteiger partial charge in [0.05, 0.1) is 5.02 Å². The lowest BCUT2D eigenvalue weighted by atomic mass is 9.73. The van der Waals surface area contributed by atoms with Gasteiger partial charge >= 0.3 is 0 Å². The number of nitrogens with zero attached hydrogens (tertiary/aromatic N) is 2. The van der Waals surface area contributed by atoms with Gasteiger partial charge < -0.3 is 15.8 Å². The van der Waals surface area contributed by atoms with Crippen LogP contribution in [0.25, 0.3) is 0 Å². The summed E-state index contributed by atoms with van der Waals surface area (Å²) in [6.45, 7) is -0.896. The van der Waals surface area contributed by atoms with Crippen LogP contribution in [0.3, 0.4) is 0 Å². The molecule has 2 heterocycles. The molecular formula is C20H19ClF2N4O2. The zero-order valence-electron chi connectivity index (χ0n) is 15.4. The first-order chi connectivity index (χ1) is 13.8. The average molecular weight is 421 g/mol. The number of nitrogens with one attached hydrogen (secondary N) is 1. The number of carbonyl (C=O) groups is 1. The minimum Gasteiger partial charge on any atom is -0.385 e. The highest BCUT2D eigenvalue weighted by atomic mass is 35.5. The first-order valence-electron chi connectivity index (χ1n) is 9.17. The van der Waals surface area contributed by atoms with Crippen LogP contribution in [0.5, 0.6) is 0 Å². The minimum absolute atomic E-state index is 0.0369. The fraction of sp³-hybridized carbons (Fsp3) is 0.350. The van der Waals surface area contributed by atoms with Gasteiger partial charge in [0.25, 0.3) is 11.8 Å². The summed E-state index contributed by atoms with van der Waals surface area (Å²) in [6, 6.07) is 8.02. The topological polar surface area (TPSA) is 89.6 Å². The first-order valence-corrected chi connectivity index (χ1v) is 9.55. The average Bonchev–Trinajstić information content (AvgIpc) is 2.79. The maximum Gasteiger partial charge on any atom is 0.299 e. The minimum atomic E-state index is -3.23. The number of amides is 1. The van der Waals surface area contributed by atoms with Crippen molar-refractivity contribution in [3.8, 4) is 0 Å². The predicted octanol–water partition coefficient (Wildman–Crippen LogP) is 3.54. The van der Waals surface area contributed by atoms with Gasteiger partial charge in [-0.25, -0.2) is 13.8 Å². The molecular weight excluding hydrogens is 402 g/mol. The highest BCUT2D eigenvalue weighted by Crippen LogP contribution is 2.50. The van der Waals surface area contributed by atoms with E-state index < -0.39 is 24.0 Å². The first kappa shape index (κ1) is 19.7. The summed E-state index contributed by atoms with van der Waals surface area (Å²) in [4.78, 5) is 20.7. The van der Waals surface area contributed by atoms with Crippen LogP contribution in [-0.2, 0) is 16.7 Å². The predicted molar refractivity (Wildman–Crippen MR) is 106 cm³/mol. The SMILES string of the molecule is NC1=N[C@@]2(CCCc3ccc(NC(=O)c4ccc(Cl)cn4)cc32)C(F)(F)COC1. The van der Waals surface area contributed by atoms with Crippen LogP contribution < -0.4 is 11.1 Å². The summed E-state index contributed by atoms with van der Waals surface area (Å²) >= 11 is 5.79. The van der Waals surface area contributed by atoms with E-state index in [-0.39, 0.29) is 24.6 Å². The number of hydrogen-bond donors (Lipinski definition) is 2. The third-order valence-electron chi connectivity index (χ3n) is 5.23. The Bertz CT molecular complexity index is 981. The maximum atomic E-state index is 15.2. The molecule has 0 radical (unpaired) electrons. The number of ether oxygens (including phenoxy) is 1.